The Morgan fingerprint density at radius 2 is 1.74 bits per heavy atom. The van der Waals surface area contributed by atoms with Gasteiger partial charge in [-0.2, -0.15) is 0 Å². The Hall–Kier alpha value is -4.49. The number of carbonyl (C=O) groups excluding carboxylic acids is 1. The number of aromatic nitrogens is 2. The Kier molecular flexibility index (Phi) is 6.59. The lowest BCUT2D eigenvalue weighted by Crippen LogP contribution is -2.30. The van der Waals surface area contributed by atoms with Gasteiger partial charge >= 0.3 is 0 Å². The third kappa shape index (κ3) is 4.66. The Balaban J connectivity index is 1.46. The third-order valence-corrected chi connectivity index (χ3v) is 7.59. The number of carbonyl (C=O) groups is 1. The van der Waals surface area contributed by atoms with Crippen LogP contribution in [0.15, 0.2) is 103 Å². The molecule has 194 valence electrons. The van der Waals surface area contributed by atoms with Crippen molar-refractivity contribution < 1.29 is 4.79 Å². The zero-order valence-electron chi connectivity index (χ0n) is 21.8. The minimum absolute atomic E-state index is 0.00878. The van der Waals surface area contributed by atoms with Crippen molar-refractivity contribution in [2.45, 2.75) is 32.4 Å². The quantitative estimate of drug-likeness (QED) is 0.234. The van der Waals surface area contributed by atoms with Crippen LogP contribution in [-0.2, 0) is 4.79 Å². The minimum Gasteiger partial charge on any atom is -0.351 e. The van der Waals surface area contributed by atoms with Crippen LogP contribution in [0.25, 0.3) is 16.5 Å². The minimum atomic E-state index is -0.163. The van der Waals surface area contributed by atoms with Gasteiger partial charge in [0.05, 0.1) is 11.7 Å². The van der Waals surface area contributed by atoms with Crippen LogP contribution in [0.5, 0.6) is 0 Å². The molecular weight excluding hydrogens is 502 g/mol. The number of thiocarbonyl (C=S) groups is 1. The molecule has 39 heavy (non-hydrogen) atoms. The number of fused-ring (bicyclic) bond motifs is 1. The second kappa shape index (κ2) is 10.3. The number of rotatable bonds is 6. The summed E-state index contributed by atoms with van der Waals surface area (Å²) in [4.78, 5) is 18.9. The lowest BCUT2D eigenvalue weighted by atomic mass is 10.00. The molecule has 5 aromatic rings. The van der Waals surface area contributed by atoms with Gasteiger partial charge in [-0.05, 0) is 90.1 Å². The molecule has 2 aromatic heterocycles. The molecule has 1 saturated heterocycles. The Bertz CT molecular complexity index is 1680. The highest BCUT2D eigenvalue weighted by Gasteiger charge is 2.42. The number of hydrogen-bond acceptors (Lipinski definition) is 3. The van der Waals surface area contributed by atoms with Crippen LogP contribution in [0, 0.1) is 6.92 Å². The second-order valence-corrected chi connectivity index (χ2v) is 10.1. The maximum Gasteiger partial charge on any atom is 0.224 e. The van der Waals surface area contributed by atoms with E-state index in [1.165, 1.54) is 10.8 Å². The molecule has 6 rings (SSSR count). The fourth-order valence-electron chi connectivity index (χ4n) is 5.31. The summed E-state index contributed by atoms with van der Waals surface area (Å²) in [7, 11) is 0. The average Bonchev–Trinajstić information content (AvgIpc) is 3.58. The normalized spacial score (nSPS) is 16.9. The SMILES string of the molecule is CCC(=O)Nc1ccc(N2C(=S)N[C@H](c3ccccn3)[C@H]2c2cccn2-c2ccc3ccccc3c2)cc1C. The molecular formula is C32H29N5OS. The number of nitrogens with one attached hydrogen (secondary N) is 2. The molecule has 3 aromatic carbocycles. The Morgan fingerprint density at radius 3 is 2.51 bits per heavy atom. The summed E-state index contributed by atoms with van der Waals surface area (Å²) in [5, 5.41) is 9.57. The summed E-state index contributed by atoms with van der Waals surface area (Å²) < 4.78 is 2.23. The van der Waals surface area contributed by atoms with Gasteiger partial charge in [0, 0.05) is 41.6 Å². The van der Waals surface area contributed by atoms with E-state index in [-0.39, 0.29) is 18.0 Å². The van der Waals surface area contributed by atoms with Crippen LogP contribution < -0.4 is 15.5 Å². The number of aryl methyl sites for hydroxylation is 1. The van der Waals surface area contributed by atoms with Gasteiger partial charge < -0.3 is 20.1 Å². The van der Waals surface area contributed by atoms with E-state index in [0.717, 1.165) is 34.0 Å². The van der Waals surface area contributed by atoms with Crippen LogP contribution in [0.2, 0.25) is 0 Å². The lowest BCUT2D eigenvalue weighted by Gasteiger charge is -2.29. The monoisotopic (exact) mass is 531 g/mol. The number of nitrogens with zero attached hydrogens (tertiary/aromatic N) is 3. The van der Waals surface area contributed by atoms with E-state index in [2.05, 4.69) is 87.0 Å². The molecule has 0 radical (unpaired) electrons. The van der Waals surface area contributed by atoms with Gasteiger partial charge in [0.2, 0.25) is 5.91 Å². The fourth-order valence-corrected chi connectivity index (χ4v) is 5.65. The van der Waals surface area contributed by atoms with Gasteiger partial charge in [0.15, 0.2) is 5.11 Å². The molecule has 0 saturated carbocycles. The molecule has 2 atom stereocenters. The standard InChI is InChI=1S/C32H29N5OS/c1-3-29(38)34-26-16-15-25(19-21(26)2)37-31(30(35-32(37)39)27-11-6-7-17-33-27)28-12-8-18-36(28)24-14-13-22-9-4-5-10-23(22)20-24/h4-20,30-31H,3H2,1-2H3,(H,34,38)(H,35,39)/t30-,31-/m1/s1. The van der Waals surface area contributed by atoms with Gasteiger partial charge in [-0.15, -0.1) is 0 Å². The van der Waals surface area contributed by atoms with Crippen molar-refractivity contribution >= 4 is 45.4 Å². The van der Waals surface area contributed by atoms with E-state index < -0.39 is 0 Å². The van der Waals surface area contributed by atoms with Crippen molar-refractivity contribution in [3.63, 3.8) is 0 Å². The number of anilines is 2. The van der Waals surface area contributed by atoms with Crippen LogP contribution in [0.4, 0.5) is 11.4 Å². The summed E-state index contributed by atoms with van der Waals surface area (Å²) in [6.45, 7) is 3.85. The fraction of sp³-hybridized carbons (Fsp3) is 0.156. The summed E-state index contributed by atoms with van der Waals surface area (Å²) in [5.41, 5.74) is 5.83. The first kappa shape index (κ1) is 24.8. The van der Waals surface area contributed by atoms with E-state index in [1.807, 2.05) is 50.4 Å². The van der Waals surface area contributed by atoms with Crippen LogP contribution in [0.3, 0.4) is 0 Å². The molecule has 2 N–H and O–H groups in total. The van der Waals surface area contributed by atoms with Crippen LogP contribution >= 0.6 is 12.2 Å². The first-order valence-corrected chi connectivity index (χ1v) is 13.5. The smallest absolute Gasteiger partial charge is 0.224 e. The first-order chi connectivity index (χ1) is 19.0. The van der Waals surface area contributed by atoms with Gasteiger partial charge in [-0.25, -0.2) is 0 Å². The lowest BCUT2D eigenvalue weighted by molar-refractivity contribution is -0.115. The van der Waals surface area contributed by atoms with Crippen molar-refractivity contribution in [1.29, 1.82) is 0 Å². The molecule has 0 unspecified atom stereocenters. The molecule has 0 spiro atoms. The predicted molar refractivity (Wildman–Crippen MR) is 161 cm³/mol. The summed E-state index contributed by atoms with van der Waals surface area (Å²) in [6.07, 6.45) is 4.35. The van der Waals surface area contributed by atoms with Gasteiger partial charge in [-0.3, -0.25) is 9.78 Å². The Morgan fingerprint density at radius 1 is 0.949 bits per heavy atom. The number of pyridine rings is 1. The largest absolute Gasteiger partial charge is 0.351 e. The molecule has 6 nitrogen and oxygen atoms in total. The number of amides is 1. The van der Waals surface area contributed by atoms with Crippen LogP contribution in [-0.4, -0.2) is 20.6 Å². The van der Waals surface area contributed by atoms with E-state index >= 15 is 0 Å². The molecule has 7 heteroatoms. The van der Waals surface area contributed by atoms with Crippen molar-refractivity contribution in [2.24, 2.45) is 0 Å². The van der Waals surface area contributed by atoms with Crippen molar-refractivity contribution in [2.75, 3.05) is 10.2 Å². The van der Waals surface area contributed by atoms with Gasteiger partial charge in [-0.1, -0.05) is 43.3 Å². The maximum absolute atomic E-state index is 12.0. The van der Waals surface area contributed by atoms with E-state index in [9.17, 15) is 4.79 Å². The average molecular weight is 532 g/mol. The highest BCUT2D eigenvalue weighted by molar-refractivity contribution is 7.80. The zero-order valence-corrected chi connectivity index (χ0v) is 22.7. The second-order valence-electron chi connectivity index (χ2n) is 9.73. The molecule has 1 amide bonds. The third-order valence-electron chi connectivity index (χ3n) is 7.28. The summed E-state index contributed by atoms with van der Waals surface area (Å²) in [6, 6.07) is 30.8. The van der Waals surface area contributed by atoms with Crippen molar-refractivity contribution in [3.8, 4) is 5.69 Å². The molecule has 0 bridgehead atoms. The van der Waals surface area contributed by atoms with E-state index in [0.29, 0.717) is 11.5 Å². The highest BCUT2D eigenvalue weighted by atomic mass is 32.1. The number of hydrogen-bond donors (Lipinski definition) is 2. The van der Waals surface area contributed by atoms with Gasteiger partial charge in [0.1, 0.15) is 6.04 Å². The maximum atomic E-state index is 12.0. The number of benzene rings is 3. The molecule has 1 aliphatic rings. The zero-order chi connectivity index (χ0) is 26.9. The Labute approximate surface area is 233 Å². The van der Waals surface area contributed by atoms with Crippen molar-refractivity contribution in [3.05, 3.63) is 120 Å². The van der Waals surface area contributed by atoms with Gasteiger partial charge in [0.25, 0.3) is 0 Å². The van der Waals surface area contributed by atoms with E-state index in [1.54, 1.807) is 0 Å². The molecule has 1 aliphatic heterocycles. The highest BCUT2D eigenvalue weighted by Crippen LogP contribution is 2.43. The van der Waals surface area contributed by atoms with Crippen molar-refractivity contribution in [1.82, 2.24) is 14.9 Å². The van der Waals surface area contributed by atoms with E-state index in [4.69, 9.17) is 17.2 Å². The van der Waals surface area contributed by atoms with Crippen LogP contribution in [0.1, 0.15) is 42.4 Å². The summed E-state index contributed by atoms with van der Waals surface area (Å²) in [5.74, 6) is -0.00878. The molecule has 3 heterocycles. The topological polar surface area (TPSA) is 62.2 Å². The molecule has 1 fully saturated rings. The summed E-state index contributed by atoms with van der Waals surface area (Å²) >= 11 is 5.95. The molecule has 0 aliphatic carbocycles. The first-order valence-electron chi connectivity index (χ1n) is 13.1. The predicted octanol–water partition coefficient (Wildman–Crippen LogP) is 6.86.